The molecular weight excluding hydrogens is 242 g/mol. The van der Waals surface area contributed by atoms with E-state index in [9.17, 15) is 0 Å². The van der Waals surface area contributed by atoms with Gasteiger partial charge in [-0.3, -0.25) is 0 Å². The molecule has 0 aliphatic carbocycles. The highest BCUT2D eigenvalue weighted by atomic mass is 31.2. The lowest BCUT2D eigenvalue weighted by molar-refractivity contribution is 0.740. The van der Waals surface area contributed by atoms with E-state index in [0.29, 0.717) is 15.8 Å². The van der Waals surface area contributed by atoms with Crippen LogP contribution in [0.2, 0.25) is 0 Å². The van der Waals surface area contributed by atoms with Gasteiger partial charge < -0.3 is 0 Å². The van der Waals surface area contributed by atoms with Crippen LogP contribution in [0.15, 0.2) is 0 Å². The van der Waals surface area contributed by atoms with Crippen molar-refractivity contribution in [2.24, 2.45) is 11.8 Å². The summed E-state index contributed by atoms with van der Waals surface area (Å²) in [5, 5.41) is 0. The standard InChI is InChI=1S/C15H34P2/c1-7-9-16(11-14(3)4)13-17(10-8-2)12-15(5)6/h14-15H,7-13H2,1-6H3. The number of rotatable bonds is 10. The minimum Gasteiger partial charge on any atom is -0.102 e. The third-order valence-corrected chi connectivity index (χ3v) is 10.6. The summed E-state index contributed by atoms with van der Waals surface area (Å²) < 4.78 is 0. The molecule has 0 spiro atoms. The Morgan fingerprint density at radius 2 is 1.06 bits per heavy atom. The van der Waals surface area contributed by atoms with E-state index in [1.807, 2.05) is 0 Å². The highest BCUT2D eigenvalue weighted by Gasteiger charge is 2.16. The Balaban J connectivity index is 4.22. The van der Waals surface area contributed by atoms with Gasteiger partial charge in [0.25, 0.3) is 0 Å². The van der Waals surface area contributed by atoms with Gasteiger partial charge in [0.1, 0.15) is 0 Å². The van der Waals surface area contributed by atoms with Crippen LogP contribution in [0.25, 0.3) is 0 Å². The fourth-order valence-corrected chi connectivity index (χ4v) is 10.4. The second-order valence-corrected chi connectivity index (χ2v) is 11.5. The van der Waals surface area contributed by atoms with Gasteiger partial charge in [0, 0.05) is 0 Å². The van der Waals surface area contributed by atoms with Gasteiger partial charge in [0.2, 0.25) is 0 Å². The summed E-state index contributed by atoms with van der Waals surface area (Å²) in [4.78, 5) is 0. The summed E-state index contributed by atoms with van der Waals surface area (Å²) in [6.07, 6.45) is 8.88. The van der Waals surface area contributed by atoms with Gasteiger partial charge in [-0.05, 0) is 42.4 Å². The first-order valence-electron chi connectivity index (χ1n) is 7.44. The molecule has 0 bridgehead atoms. The van der Waals surface area contributed by atoms with Crippen molar-refractivity contribution in [1.29, 1.82) is 0 Å². The molecule has 0 aromatic heterocycles. The molecule has 0 heterocycles. The van der Waals surface area contributed by atoms with Crippen molar-refractivity contribution in [3.8, 4) is 0 Å². The Labute approximate surface area is 113 Å². The van der Waals surface area contributed by atoms with Crippen LogP contribution in [0.4, 0.5) is 0 Å². The van der Waals surface area contributed by atoms with Gasteiger partial charge in [-0.1, -0.05) is 54.4 Å². The van der Waals surface area contributed by atoms with Gasteiger partial charge in [0.05, 0.1) is 0 Å². The molecule has 0 aromatic rings. The first-order chi connectivity index (χ1) is 7.99. The lowest BCUT2D eigenvalue weighted by Crippen LogP contribution is -2.05. The van der Waals surface area contributed by atoms with Crippen molar-refractivity contribution < 1.29 is 0 Å². The zero-order valence-electron chi connectivity index (χ0n) is 13.0. The SMILES string of the molecule is CCCP(CC(C)C)CP(CCC)CC(C)C. The van der Waals surface area contributed by atoms with Crippen molar-refractivity contribution in [2.75, 3.05) is 30.6 Å². The maximum Gasteiger partial charge on any atom is -0.0120 e. The topological polar surface area (TPSA) is 0 Å². The second kappa shape index (κ2) is 10.8. The zero-order chi connectivity index (χ0) is 13.3. The molecule has 0 saturated heterocycles. The van der Waals surface area contributed by atoms with Crippen LogP contribution in [-0.4, -0.2) is 30.6 Å². The molecule has 0 aliphatic heterocycles. The largest absolute Gasteiger partial charge is 0.102 e. The summed E-state index contributed by atoms with van der Waals surface area (Å²) in [5.41, 5.74) is 0. The van der Waals surface area contributed by atoms with Crippen molar-refractivity contribution in [3.63, 3.8) is 0 Å². The summed E-state index contributed by atoms with van der Waals surface area (Å²) in [6, 6.07) is 0. The van der Waals surface area contributed by atoms with E-state index < -0.39 is 0 Å². The van der Waals surface area contributed by atoms with E-state index in [1.54, 1.807) is 5.90 Å². The van der Waals surface area contributed by atoms with Crippen LogP contribution in [0.3, 0.4) is 0 Å². The van der Waals surface area contributed by atoms with Crippen LogP contribution in [-0.2, 0) is 0 Å². The van der Waals surface area contributed by atoms with Crippen LogP contribution in [0, 0.1) is 11.8 Å². The molecule has 0 N–H and O–H groups in total. The molecule has 2 atom stereocenters. The predicted octanol–water partition coefficient (Wildman–Crippen LogP) is 6.04. The maximum atomic E-state index is 2.40. The Hall–Kier alpha value is 0.860. The fraction of sp³-hybridized carbons (Fsp3) is 1.00. The average Bonchev–Trinajstić information content (AvgIpc) is 2.16. The smallest absolute Gasteiger partial charge is 0.0120 e. The first kappa shape index (κ1) is 17.9. The molecule has 0 fully saturated rings. The molecule has 0 rings (SSSR count). The molecule has 0 amide bonds. The summed E-state index contributed by atoms with van der Waals surface area (Å²) in [6.45, 7) is 14.3. The second-order valence-electron chi connectivity index (χ2n) is 6.08. The molecular formula is C15H34P2. The van der Waals surface area contributed by atoms with Gasteiger partial charge in [-0.25, -0.2) is 0 Å². The summed E-state index contributed by atoms with van der Waals surface area (Å²) in [7, 11) is 0.694. The molecule has 0 radical (unpaired) electrons. The third kappa shape index (κ3) is 10.5. The highest BCUT2D eigenvalue weighted by Crippen LogP contribution is 2.53. The Bertz CT molecular complexity index is 148. The molecule has 104 valence electrons. The number of hydrogen-bond donors (Lipinski definition) is 0. The van der Waals surface area contributed by atoms with E-state index >= 15 is 0 Å². The molecule has 0 aromatic carbocycles. The average molecular weight is 276 g/mol. The van der Waals surface area contributed by atoms with Gasteiger partial charge >= 0.3 is 0 Å². The quantitative estimate of drug-likeness (QED) is 0.427. The highest BCUT2D eigenvalue weighted by molar-refractivity contribution is 7.74. The Morgan fingerprint density at radius 3 is 1.29 bits per heavy atom. The number of hydrogen-bond acceptors (Lipinski definition) is 0. The van der Waals surface area contributed by atoms with Crippen LogP contribution in [0.1, 0.15) is 54.4 Å². The molecule has 0 aliphatic rings. The third-order valence-electron chi connectivity index (χ3n) is 2.73. The first-order valence-corrected chi connectivity index (χ1v) is 11.2. The van der Waals surface area contributed by atoms with E-state index in [2.05, 4.69) is 41.5 Å². The van der Waals surface area contributed by atoms with Crippen LogP contribution >= 0.6 is 15.8 Å². The van der Waals surface area contributed by atoms with Gasteiger partial charge in [0.15, 0.2) is 0 Å². The Morgan fingerprint density at radius 1 is 0.706 bits per heavy atom. The van der Waals surface area contributed by atoms with Crippen molar-refractivity contribution in [2.45, 2.75) is 54.4 Å². The lowest BCUT2D eigenvalue weighted by atomic mass is 10.3. The lowest BCUT2D eigenvalue weighted by Gasteiger charge is -2.27. The molecule has 0 saturated carbocycles. The van der Waals surface area contributed by atoms with E-state index in [4.69, 9.17) is 0 Å². The minimum atomic E-state index is 0.347. The molecule has 17 heavy (non-hydrogen) atoms. The van der Waals surface area contributed by atoms with Crippen LogP contribution < -0.4 is 0 Å². The van der Waals surface area contributed by atoms with Gasteiger partial charge in [-0.15, -0.1) is 15.8 Å². The van der Waals surface area contributed by atoms with Crippen molar-refractivity contribution >= 4 is 15.8 Å². The monoisotopic (exact) mass is 276 g/mol. The maximum absolute atomic E-state index is 2.40. The van der Waals surface area contributed by atoms with Crippen molar-refractivity contribution in [3.05, 3.63) is 0 Å². The summed E-state index contributed by atoms with van der Waals surface area (Å²) >= 11 is 0. The zero-order valence-corrected chi connectivity index (χ0v) is 14.8. The minimum absolute atomic E-state index is 0.347. The van der Waals surface area contributed by atoms with Crippen molar-refractivity contribution in [1.82, 2.24) is 0 Å². The molecule has 0 nitrogen and oxygen atoms in total. The Kier molecular flexibility index (Phi) is 11.3. The molecule has 2 heteroatoms. The van der Waals surface area contributed by atoms with Crippen LogP contribution in [0.5, 0.6) is 0 Å². The predicted molar refractivity (Wildman–Crippen MR) is 88.4 cm³/mol. The summed E-state index contributed by atoms with van der Waals surface area (Å²) in [5.74, 6) is 3.43. The van der Waals surface area contributed by atoms with Gasteiger partial charge in [-0.2, -0.15) is 0 Å². The van der Waals surface area contributed by atoms with E-state index in [0.717, 1.165) is 11.8 Å². The van der Waals surface area contributed by atoms with E-state index in [1.165, 1.54) is 37.5 Å². The normalized spacial score (nSPS) is 15.5. The van der Waals surface area contributed by atoms with E-state index in [-0.39, 0.29) is 0 Å². The fourth-order valence-electron chi connectivity index (χ4n) is 2.39. The molecule has 2 unspecified atom stereocenters.